The molecule has 27 heavy (non-hydrogen) atoms. The van der Waals surface area contributed by atoms with E-state index in [0.717, 1.165) is 33.7 Å². The number of benzene rings is 2. The van der Waals surface area contributed by atoms with Gasteiger partial charge in [0.15, 0.2) is 5.65 Å². The Morgan fingerprint density at radius 2 is 1.85 bits per heavy atom. The summed E-state index contributed by atoms with van der Waals surface area (Å²) < 4.78 is 6.67. The molecule has 4 aromatic rings. The molecule has 0 aliphatic rings. The number of methoxy groups -OCH3 is 1. The maximum absolute atomic E-state index is 11.6. The van der Waals surface area contributed by atoms with E-state index in [1.54, 1.807) is 0 Å². The third-order valence-electron chi connectivity index (χ3n) is 4.13. The molecular weight excluding hydrogens is 342 g/mol. The van der Waals surface area contributed by atoms with E-state index < -0.39 is 0 Å². The summed E-state index contributed by atoms with van der Waals surface area (Å²) >= 11 is 0. The van der Waals surface area contributed by atoms with Crippen molar-refractivity contribution < 1.29 is 9.53 Å². The molecule has 2 N–H and O–H groups in total. The standard InChI is InChI=1S/C20H19N5O2/c1-13-11-18-23-20(16-5-3-4-6-17(16)25(18)24-13)22-15-9-7-14(8-10-15)21-19(26)12-27-2/h3-11H,12H2,1-2H3,(H,21,26)(H,22,23). The zero-order valence-electron chi connectivity index (χ0n) is 15.1. The van der Waals surface area contributed by atoms with Crippen LogP contribution in [0.1, 0.15) is 5.69 Å². The Kier molecular flexibility index (Phi) is 4.43. The van der Waals surface area contributed by atoms with Gasteiger partial charge in [0, 0.05) is 29.9 Å². The third-order valence-corrected chi connectivity index (χ3v) is 4.13. The lowest BCUT2D eigenvalue weighted by molar-refractivity contribution is -0.119. The summed E-state index contributed by atoms with van der Waals surface area (Å²) in [6.07, 6.45) is 0. The Balaban J connectivity index is 1.65. The van der Waals surface area contributed by atoms with Gasteiger partial charge in [0.2, 0.25) is 5.91 Å². The highest BCUT2D eigenvalue weighted by molar-refractivity contribution is 5.94. The molecule has 0 saturated heterocycles. The zero-order chi connectivity index (χ0) is 18.8. The predicted molar refractivity (Wildman–Crippen MR) is 105 cm³/mol. The van der Waals surface area contributed by atoms with Crippen molar-refractivity contribution in [2.24, 2.45) is 0 Å². The molecule has 2 aromatic heterocycles. The number of amides is 1. The number of carbonyl (C=O) groups excluding carboxylic acids is 1. The maximum atomic E-state index is 11.6. The summed E-state index contributed by atoms with van der Waals surface area (Å²) in [7, 11) is 1.49. The number of nitrogens with one attached hydrogen (secondary N) is 2. The highest BCUT2D eigenvalue weighted by Crippen LogP contribution is 2.26. The fourth-order valence-corrected chi connectivity index (χ4v) is 2.97. The molecule has 0 aliphatic carbocycles. The van der Waals surface area contributed by atoms with Crippen molar-refractivity contribution in [2.45, 2.75) is 6.92 Å². The number of para-hydroxylation sites is 1. The fourth-order valence-electron chi connectivity index (χ4n) is 2.97. The number of fused-ring (bicyclic) bond motifs is 3. The first-order chi connectivity index (χ1) is 13.1. The van der Waals surface area contributed by atoms with Crippen LogP contribution in [-0.2, 0) is 9.53 Å². The van der Waals surface area contributed by atoms with Crippen LogP contribution >= 0.6 is 0 Å². The molecule has 0 spiro atoms. The minimum absolute atomic E-state index is 0.0285. The lowest BCUT2D eigenvalue weighted by Gasteiger charge is -2.11. The van der Waals surface area contributed by atoms with Gasteiger partial charge in [-0.3, -0.25) is 4.79 Å². The second-order valence-electron chi connectivity index (χ2n) is 6.22. The number of anilines is 3. The molecule has 4 rings (SSSR count). The van der Waals surface area contributed by atoms with E-state index in [1.807, 2.05) is 66.0 Å². The fraction of sp³-hybridized carbons (Fsp3) is 0.150. The van der Waals surface area contributed by atoms with E-state index in [-0.39, 0.29) is 12.5 Å². The zero-order valence-corrected chi connectivity index (χ0v) is 15.1. The first-order valence-corrected chi connectivity index (χ1v) is 8.55. The quantitative estimate of drug-likeness (QED) is 0.568. The van der Waals surface area contributed by atoms with Crippen molar-refractivity contribution in [3.05, 3.63) is 60.3 Å². The Hall–Kier alpha value is -3.45. The van der Waals surface area contributed by atoms with Gasteiger partial charge >= 0.3 is 0 Å². The van der Waals surface area contributed by atoms with Crippen molar-refractivity contribution in [1.82, 2.24) is 14.6 Å². The summed E-state index contributed by atoms with van der Waals surface area (Å²) in [5.41, 5.74) is 4.28. The molecule has 0 atom stereocenters. The topological polar surface area (TPSA) is 80.5 Å². The van der Waals surface area contributed by atoms with Crippen molar-refractivity contribution >= 4 is 39.6 Å². The monoisotopic (exact) mass is 361 g/mol. The molecule has 0 unspecified atom stereocenters. The van der Waals surface area contributed by atoms with Gasteiger partial charge in [-0.1, -0.05) is 12.1 Å². The molecule has 0 fully saturated rings. The maximum Gasteiger partial charge on any atom is 0.250 e. The third kappa shape index (κ3) is 3.45. The van der Waals surface area contributed by atoms with Crippen LogP contribution in [-0.4, -0.2) is 34.2 Å². The summed E-state index contributed by atoms with van der Waals surface area (Å²) in [5.74, 6) is 0.571. The molecule has 2 aromatic carbocycles. The summed E-state index contributed by atoms with van der Waals surface area (Å²) in [6, 6.07) is 17.4. The highest BCUT2D eigenvalue weighted by atomic mass is 16.5. The molecule has 2 heterocycles. The number of hydrogen-bond acceptors (Lipinski definition) is 5. The number of carbonyl (C=O) groups is 1. The Morgan fingerprint density at radius 3 is 2.63 bits per heavy atom. The summed E-state index contributed by atoms with van der Waals surface area (Å²) in [4.78, 5) is 16.3. The van der Waals surface area contributed by atoms with Crippen LogP contribution in [0.4, 0.5) is 17.2 Å². The Labute approximate surface area is 156 Å². The van der Waals surface area contributed by atoms with Gasteiger partial charge in [-0.2, -0.15) is 5.10 Å². The second-order valence-corrected chi connectivity index (χ2v) is 6.22. The first-order valence-electron chi connectivity index (χ1n) is 8.55. The van der Waals surface area contributed by atoms with Gasteiger partial charge in [0.25, 0.3) is 0 Å². The number of aromatic nitrogens is 3. The molecule has 0 aliphatic heterocycles. The van der Waals surface area contributed by atoms with E-state index >= 15 is 0 Å². The van der Waals surface area contributed by atoms with Crippen molar-refractivity contribution in [1.29, 1.82) is 0 Å². The lowest BCUT2D eigenvalue weighted by Crippen LogP contribution is -2.16. The lowest BCUT2D eigenvalue weighted by atomic mass is 10.2. The van der Waals surface area contributed by atoms with Crippen molar-refractivity contribution in [3.8, 4) is 0 Å². The highest BCUT2D eigenvalue weighted by Gasteiger charge is 2.10. The molecule has 0 bridgehead atoms. The van der Waals surface area contributed by atoms with Crippen LogP contribution in [0.5, 0.6) is 0 Å². The molecule has 7 heteroatoms. The number of hydrogen-bond donors (Lipinski definition) is 2. The molecule has 1 amide bonds. The van der Waals surface area contributed by atoms with Gasteiger partial charge in [0.1, 0.15) is 12.4 Å². The van der Waals surface area contributed by atoms with E-state index in [1.165, 1.54) is 7.11 Å². The SMILES string of the molecule is COCC(=O)Nc1ccc(Nc2nc3cc(C)nn3c3ccccc23)cc1. The summed E-state index contributed by atoms with van der Waals surface area (Å²) in [5, 5.41) is 11.6. The van der Waals surface area contributed by atoms with E-state index in [2.05, 4.69) is 15.7 Å². The summed E-state index contributed by atoms with van der Waals surface area (Å²) in [6.45, 7) is 1.98. The molecular formula is C20H19N5O2. The number of nitrogens with zero attached hydrogens (tertiary/aromatic N) is 3. The normalized spacial score (nSPS) is 11.0. The van der Waals surface area contributed by atoms with E-state index in [4.69, 9.17) is 9.72 Å². The largest absolute Gasteiger partial charge is 0.375 e. The minimum atomic E-state index is -0.188. The van der Waals surface area contributed by atoms with E-state index in [0.29, 0.717) is 5.69 Å². The number of aryl methyl sites for hydroxylation is 1. The van der Waals surface area contributed by atoms with Crippen LogP contribution in [0.2, 0.25) is 0 Å². The molecule has 7 nitrogen and oxygen atoms in total. The van der Waals surface area contributed by atoms with Crippen LogP contribution in [0.15, 0.2) is 54.6 Å². The Bertz CT molecular complexity index is 1120. The van der Waals surface area contributed by atoms with Crippen molar-refractivity contribution in [2.75, 3.05) is 24.4 Å². The van der Waals surface area contributed by atoms with Crippen LogP contribution in [0.25, 0.3) is 16.6 Å². The van der Waals surface area contributed by atoms with Crippen LogP contribution < -0.4 is 10.6 Å². The van der Waals surface area contributed by atoms with Gasteiger partial charge < -0.3 is 15.4 Å². The first kappa shape index (κ1) is 17.0. The predicted octanol–water partition coefficient (Wildman–Crippen LogP) is 3.52. The molecule has 0 radical (unpaired) electrons. The van der Waals surface area contributed by atoms with Gasteiger partial charge in [0.05, 0.1) is 11.2 Å². The van der Waals surface area contributed by atoms with Gasteiger partial charge in [-0.05, 0) is 43.3 Å². The van der Waals surface area contributed by atoms with Gasteiger partial charge in [-0.25, -0.2) is 9.50 Å². The average Bonchev–Trinajstić information content (AvgIpc) is 3.04. The number of ether oxygens (including phenoxy) is 1. The molecule has 136 valence electrons. The van der Waals surface area contributed by atoms with Crippen LogP contribution in [0.3, 0.4) is 0 Å². The smallest absolute Gasteiger partial charge is 0.250 e. The molecule has 0 saturated carbocycles. The second kappa shape index (κ2) is 7.05. The van der Waals surface area contributed by atoms with E-state index in [9.17, 15) is 4.79 Å². The Morgan fingerprint density at radius 1 is 1.11 bits per heavy atom. The minimum Gasteiger partial charge on any atom is -0.375 e. The van der Waals surface area contributed by atoms with Gasteiger partial charge in [-0.15, -0.1) is 0 Å². The van der Waals surface area contributed by atoms with Crippen LogP contribution in [0, 0.1) is 6.92 Å². The number of rotatable bonds is 5. The van der Waals surface area contributed by atoms with Crippen molar-refractivity contribution in [3.63, 3.8) is 0 Å². The average molecular weight is 361 g/mol.